The van der Waals surface area contributed by atoms with Crippen molar-refractivity contribution in [1.82, 2.24) is 4.98 Å². The molecule has 0 bridgehead atoms. The Hall–Kier alpha value is -2.36. The lowest BCUT2D eigenvalue weighted by Gasteiger charge is -2.28. The second kappa shape index (κ2) is 5.10. The number of aromatic nitrogens is 1. The molecule has 0 aliphatic heterocycles. The fourth-order valence-corrected chi connectivity index (χ4v) is 1.92. The summed E-state index contributed by atoms with van der Waals surface area (Å²) < 4.78 is 0. The Morgan fingerprint density at radius 2 is 1.84 bits per heavy atom. The van der Waals surface area contributed by atoms with Crippen LogP contribution in [0.25, 0.3) is 0 Å². The van der Waals surface area contributed by atoms with Crippen LogP contribution in [0, 0.1) is 6.92 Å². The monoisotopic (exact) mass is 256 g/mol. The summed E-state index contributed by atoms with van der Waals surface area (Å²) in [4.78, 5) is 15.6. The zero-order chi connectivity index (χ0) is 13.9. The smallest absolute Gasteiger partial charge is 0.333 e. The van der Waals surface area contributed by atoms with Gasteiger partial charge in [0, 0.05) is 18.1 Å². The highest BCUT2D eigenvalue weighted by Gasteiger charge is 2.35. The molecule has 1 atom stereocenters. The number of hydrogen-bond donors (Lipinski definition) is 2. The molecule has 4 heteroatoms. The number of aryl methyl sites for hydroxylation is 1. The lowest BCUT2D eigenvalue weighted by atomic mass is 9.92. The van der Waals surface area contributed by atoms with Gasteiger partial charge in [0.1, 0.15) is 0 Å². The summed E-state index contributed by atoms with van der Waals surface area (Å²) in [7, 11) is 0. The van der Waals surface area contributed by atoms with Gasteiger partial charge in [-0.15, -0.1) is 0 Å². The number of anilines is 1. The van der Waals surface area contributed by atoms with Crippen LogP contribution in [0.4, 0.5) is 5.69 Å². The molecule has 2 rings (SSSR count). The Kier molecular flexibility index (Phi) is 3.51. The molecule has 1 aromatic heterocycles. The van der Waals surface area contributed by atoms with E-state index in [4.69, 9.17) is 0 Å². The van der Waals surface area contributed by atoms with Gasteiger partial charge in [0.15, 0.2) is 5.54 Å². The number of carboxylic acids is 1. The van der Waals surface area contributed by atoms with E-state index in [1.165, 1.54) is 0 Å². The molecule has 2 aromatic rings. The van der Waals surface area contributed by atoms with Crippen molar-refractivity contribution in [3.05, 3.63) is 59.9 Å². The second-order valence-electron chi connectivity index (χ2n) is 4.61. The van der Waals surface area contributed by atoms with Gasteiger partial charge in [-0.25, -0.2) is 4.79 Å². The van der Waals surface area contributed by atoms with E-state index in [-0.39, 0.29) is 0 Å². The fourth-order valence-electron chi connectivity index (χ4n) is 1.92. The predicted molar refractivity (Wildman–Crippen MR) is 74.0 cm³/mol. The van der Waals surface area contributed by atoms with E-state index < -0.39 is 11.5 Å². The first-order chi connectivity index (χ1) is 9.04. The van der Waals surface area contributed by atoms with E-state index in [0.29, 0.717) is 5.56 Å². The van der Waals surface area contributed by atoms with Gasteiger partial charge in [0.2, 0.25) is 0 Å². The molecule has 98 valence electrons. The van der Waals surface area contributed by atoms with Gasteiger partial charge < -0.3 is 10.4 Å². The molecule has 0 aliphatic rings. The summed E-state index contributed by atoms with van der Waals surface area (Å²) in [6.45, 7) is 3.59. The van der Waals surface area contributed by atoms with E-state index in [1.54, 1.807) is 31.5 Å². The number of nitrogens with one attached hydrogen (secondary N) is 1. The van der Waals surface area contributed by atoms with Gasteiger partial charge in [-0.05, 0) is 43.2 Å². The number of rotatable bonds is 4. The quantitative estimate of drug-likeness (QED) is 0.883. The standard InChI is InChI=1S/C15H16N2O2/c1-11-5-3-4-6-13(11)17-15(2,14(18)19)12-7-9-16-10-8-12/h3-10,17H,1-2H3,(H,18,19). The molecule has 1 unspecified atom stereocenters. The number of nitrogens with zero attached hydrogens (tertiary/aromatic N) is 1. The van der Waals surface area contributed by atoms with Crippen LogP contribution in [0.5, 0.6) is 0 Å². The Bertz CT molecular complexity index is 584. The molecule has 2 N–H and O–H groups in total. The molecule has 0 fully saturated rings. The SMILES string of the molecule is Cc1ccccc1NC(C)(C(=O)O)c1ccncc1. The van der Waals surface area contributed by atoms with E-state index in [9.17, 15) is 9.90 Å². The van der Waals surface area contributed by atoms with E-state index >= 15 is 0 Å². The Morgan fingerprint density at radius 1 is 1.21 bits per heavy atom. The summed E-state index contributed by atoms with van der Waals surface area (Å²) in [5, 5.41) is 12.7. The maximum Gasteiger partial charge on any atom is 0.333 e. The first kappa shape index (κ1) is 13.1. The number of carboxylic acid groups (broad SMARTS) is 1. The predicted octanol–water partition coefficient (Wildman–Crippen LogP) is 2.80. The molecular weight excluding hydrogens is 240 g/mol. The summed E-state index contributed by atoms with van der Waals surface area (Å²) in [6.07, 6.45) is 3.19. The molecule has 0 radical (unpaired) electrons. The molecule has 1 aromatic carbocycles. The zero-order valence-electron chi connectivity index (χ0n) is 10.9. The van der Waals surface area contributed by atoms with Crippen molar-refractivity contribution in [2.24, 2.45) is 0 Å². The average Bonchev–Trinajstić information content (AvgIpc) is 2.42. The van der Waals surface area contributed by atoms with Crippen LogP contribution in [0.2, 0.25) is 0 Å². The van der Waals surface area contributed by atoms with Crippen molar-refractivity contribution >= 4 is 11.7 Å². The van der Waals surface area contributed by atoms with Crippen molar-refractivity contribution in [2.75, 3.05) is 5.32 Å². The molecule has 0 saturated heterocycles. The summed E-state index contributed by atoms with van der Waals surface area (Å²) in [5.74, 6) is -0.929. The molecule has 1 heterocycles. The molecular formula is C15H16N2O2. The number of aliphatic carboxylic acids is 1. The van der Waals surface area contributed by atoms with E-state index in [1.807, 2.05) is 31.2 Å². The van der Waals surface area contributed by atoms with Gasteiger partial charge in [-0.1, -0.05) is 18.2 Å². The van der Waals surface area contributed by atoms with Gasteiger partial charge in [-0.2, -0.15) is 0 Å². The highest BCUT2D eigenvalue weighted by Crippen LogP contribution is 2.27. The van der Waals surface area contributed by atoms with Gasteiger partial charge in [-0.3, -0.25) is 4.98 Å². The number of benzene rings is 1. The molecule has 0 saturated carbocycles. The Balaban J connectivity index is 2.42. The van der Waals surface area contributed by atoms with Crippen LogP contribution in [-0.4, -0.2) is 16.1 Å². The molecule has 0 aliphatic carbocycles. The second-order valence-corrected chi connectivity index (χ2v) is 4.61. The largest absolute Gasteiger partial charge is 0.479 e. The minimum atomic E-state index is -1.19. The lowest BCUT2D eigenvalue weighted by molar-refractivity contribution is -0.142. The van der Waals surface area contributed by atoms with Crippen LogP contribution in [0.15, 0.2) is 48.8 Å². The summed E-state index contributed by atoms with van der Waals surface area (Å²) in [6, 6.07) is 11.0. The van der Waals surface area contributed by atoms with Crippen LogP contribution in [-0.2, 0) is 10.3 Å². The molecule has 0 amide bonds. The van der Waals surface area contributed by atoms with Gasteiger partial charge in [0.25, 0.3) is 0 Å². The molecule has 0 spiro atoms. The van der Waals surface area contributed by atoms with Crippen molar-refractivity contribution < 1.29 is 9.90 Å². The van der Waals surface area contributed by atoms with Crippen LogP contribution < -0.4 is 5.32 Å². The zero-order valence-corrected chi connectivity index (χ0v) is 10.9. The average molecular weight is 256 g/mol. The number of carbonyl (C=O) groups is 1. The lowest BCUT2D eigenvalue weighted by Crippen LogP contribution is -2.40. The van der Waals surface area contributed by atoms with Crippen molar-refractivity contribution in [2.45, 2.75) is 19.4 Å². The van der Waals surface area contributed by atoms with Crippen LogP contribution >= 0.6 is 0 Å². The number of hydrogen-bond acceptors (Lipinski definition) is 3. The Morgan fingerprint density at radius 3 is 2.42 bits per heavy atom. The first-order valence-corrected chi connectivity index (χ1v) is 6.02. The first-order valence-electron chi connectivity index (χ1n) is 6.02. The third-order valence-corrected chi connectivity index (χ3v) is 3.22. The summed E-state index contributed by atoms with van der Waals surface area (Å²) >= 11 is 0. The van der Waals surface area contributed by atoms with Gasteiger partial charge >= 0.3 is 5.97 Å². The maximum absolute atomic E-state index is 11.7. The van der Waals surface area contributed by atoms with Crippen LogP contribution in [0.1, 0.15) is 18.1 Å². The minimum Gasteiger partial charge on any atom is -0.479 e. The van der Waals surface area contributed by atoms with Crippen molar-refractivity contribution in [1.29, 1.82) is 0 Å². The highest BCUT2D eigenvalue weighted by atomic mass is 16.4. The van der Waals surface area contributed by atoms with E-state index in [2.05, 4.69) is 10.3 Å². The topological polar surface area (TPSA) is 62.2 Å². The van der Waals surface area contributed by atoms with Gasteiger partial charge in [0.05, 0.1) is 0 Å². The maximum atomic E-state index is 11.7. The number of para-hydroxylation sites is 1. The fraction of sp³-hybridized carbons (Fsp3) is 0.200. The van der Waals surface area contributed by atoms with E-state index in [0.717, 1.165) is 11.3 Å². The number of pyridine rings is 1. The summed E-state index contributed by atoms with van der Waals surface area (Å²) in [5.41, 5.74) is 1.29. The van der Waals surface area contributed by atoms with Crippen molar-refractivity contribution in [3.8, 4) is 0 Å². The highest BCUT2D eigenvalue weighted by molar-refractivity contribution is 5.84. The molecule has 19 heavy (non-hydrogen) atoms. The van der Waals surface area contributed by atoms with Crippen molar-refractivity contribution in [3.63, 3.8) is 0 Å². The Labute approximate surface area is 112 Å². The third-order valence-electron chi connectivity index (χ3n) is 3.22. The minimum absolute atomic E-state index is 0.665. The molecule has 4 nitrogen and oxygen atoms in total. The van der Waals surface area contributed by atoms with Crippen LogP contribution in [0.3, 0.4) is 0 Å². The normalized spacial score (nSPS) is 13.6. The third kappa shape index (κ3) is 2.57.